The van der Waals surface area contributed by atoms with Crippen molar-refractivity contribution in [2.45, 2.75) is 40.5 Å². The van der Waals surface area contributed by atoms with E-state index in [0.29, 0.717) is 0 Å². The highest BCUT2D eigenvalue weighted by Crippen LogP contribution is 2.19. The van der Waals surface area contributed by atoms with E-state index < -0.39 is 0 Å². The molecule has 1 aromatic carbocycles. The van der Waals surface area contributed by atoms with E-state index in [1.807, 2.05) is 0 Å². The first-order valence-corrected chi connectivity index (χ1v) is 6.13. The highest BCUT2D eigenvalue weighted by molar-refractivity contribution is 5.62. The summed E-state index contributed by atoms with van der Waals surface area (Å²) in [5.41, 5.74) is 5.39. The molecule has 0 unspecified atom stereocenters. The van der Waals surface area contributed by atoms with Gasteiger partial charge >= 0.3 is 0 Å². The fraction of sp³-hybridized carbons (Fsp3) is 0.375. The molecule has 0 aromatic heterocycles. The van der Waals surface area contributed by atoms with Crippen molar-refractivity contribution in [3.05, 3.63) is 46.5 Å². The van der Waals surface area contributed by atoms with Crippen LogP contribution in [0, 0.1) is 13.8 Å². The maximum atomic E-state index is 2.27. The fourth-order valence-corrected chi connectivity index (χ4v) is 1.71. The summed E-state index contributed by atoms with van der Waals surface area (Å²) < 4.78 is 0. The topological polar surface area (TPSA) is 0 Å². The molecule has 0 heterocycles. The molecule has 0 aliphatic carbocycles. The molecule has 0 aliphatic rings. The fourth-order valence-electron chi connectivity index (χ4n) is 1.71. The van der Waals surface area contributed by atoms with Gasteiger partial charge in [-0.2, -0.15) is 0 Å². The zero-order valence-electron chi connectivity index (χ0n) is 10.9. The first-order chi connectivity index (χ1) is 7.69. The summed E-state index contributed by atoms with van der Waals surface area (Å²) in [6.07, 6.45) is 11.0. The molecule has 0 N–H and O–H groups in total. The number of aryl methyl sites for hydroxylation is 2. The molecule has 0 amide bonds. The van der Waals surface area contributed by atoms with Gasteiger partial charge in [-0.05, 0) is 48.9 Å². The molecule has 86 valence electrons. The van der Waals surface area contributed by atoms with Gasteiger partial charge in [-0.15, -0.1) is 0 Å². The van der Waals surface area contributed by atoms with Gasteiger partial charge in [-0.3, -0.25) is 0 Å². The number of hydrogen-bond acceptors (Lipinski definition) is 0. The van der Waals surface area contributed by atoms with Crippen LogP contribution >= 0.6 is 0 Å². The monoisotopic (exact) mass is 214 g/mol. The summed E-state index contributed by atoms with van der Waals surface area (Å²) in [6, 6.07) is 4.55. The lowest BCUT2D eigenvalue weighted by atomic mass is 9.99. The second-order valence-electron chi connectivity index (χ2n) is 4.19. The van der Waals surface area contributed by atoms with Crippen molar-refractivity contribution in [1.29, 1.82) is 0 Å². The van der Waals surface area contributed by atoms with Crippen LogP contribution < -0.4 is 0 Å². The van der Waals surface area contributed by atoms with E-state index in [1.165, 1.54) is 22.3 Å². The highest BCUT2D eigenvalue weighted by atomic mass is 14.0. The summed E-state index contributed by atoms with van der Waals surface area (Å²) >= 11 is 0. The third-order valence-corrected chi connectivity index (χ3v) is 2.72. The predicted octanol–water partition coefficient (Wildman–Crippen LogP) is 5.15. The number of allylic oxidation sites excluding steroid dienone is 2. The SMILES string of the molecule is CCC=Cc1cc(C)c(C=CCC)cc1C. The predicted molar refractivity (Wildman–Crippen MR) is 74.6 cm³/mol. The first-order valence-electron chi connectivity index (χ1n) is 6.13. The Kier molecular flexibility index (Phi) is 5.04. The quantitative estimate of drug-likeness (QED) is 0.650. The standard InChI is InChI=1S/C16H22/c1-5-7-9-15-11-14(4)16(10-8-6-2)12-13(15)3/h7-12H,5-6H2,1-4H3. The average molecular weight is 214 g/mol. The first kappa shape index (κ1) is 12.8. The van der Waals surface area contributed by atoms with Crippen LogP contribution in [0.2, 0.25) is 0 Å². The van der Waals surface area contributed by atoms with Crippen molar-refractivity contribution < 1.29 is 0 Å². The van der Waals surface area contributed by atoms with Crippen molar-refractivity contribution in [3.8, 4) is 0 Å². The van der Waals surface area contributed by atoms with Gasteiger partial charge in [0.2, 0.25) is 0 Å². The van der Waals surface area contributed by atoms with Gasteiger partial charge in [0, 0.05) is 0 Å². The Balaban J connectivity index is 3.06. The third kappa shape index (κ3) is 3.37. The van der Waals surface area contributed by atoms with Crippen LogP contribution in [0.1, 0.15) is 48.9 Å². The van der Waals surface area contributed by atoms with Gasteiger partial charge < -0.3 is 0 Å². The van der Waals surface area contributed by atoms with E-state index in [4.69, 9.17) is 0 Å². The molecular weight excluding hydrogens is 192 g/mol. The molecule has 1 rings (SSSR count). The maximum Gasteiger partial charge on any atom is -0.0227 e. The number of benzene rings is 1. The number of hydrogen-bond donors (Lipinski definition) is 0. The van der Waals surface area contributed by atoms with Gasteiger partial charge in [0.05, 0.1) is 0 Å². The molecule has 16 heavy (non-hydrogen) atoms. The molecule has 0 fully saturated rings. The van der Waals surface area contributed by atoms with E-state index >= 15 is 0 Å². The summed E-state index contributed by atoms with van der Waals surface area (Å²) in [4.78, 5) is 0. The van der Waals surface area contributed by atoms with Crippen molar-refractivity contribution in [3.63, 3.8) is 0 Å². The molecular formula is C16H22. The minimum absolute atomic E-state index is 1.09. The van der Waals surface area contributed by atoms with Crippen LogP contribution in [0.15, 0.2) is 24.3 Å². The lowest BCUT2D eigenvalue weighted by Crippen LogP contribution is -1.87. The molecule has 1 aromatic rings. The molecule has 0 heteroatoms. The maximum absolute atomic E-state index is 2.27. The lowest BCUT2D eigenvalue weighted by molar-refractivity contribution is 1.23. The van der Waals surface area contributed by atoms with E-state index in [-0.39, 0.29) is 0 Å². The van der Waals surface area contributed by atoms with Gasteiger partial charge in [0.1, 0.15) is 0 Å². The molecule has 0 spiro atoms. The highest BCUT2D eigenvalue weighted by Gasteiger charge is 1.99. The summed E-state index contributed by atoms with van der Waals surface area (Å²) in [5, 5.41) is 0. The van der Waals surface area contributed by atoms with Crippen molar-refractivity contribution in [2.24, 2.45) is 0 Å². The Morgan fingerprint density at radius 2 is 1.19 bits per heavy atom. The van der Waals surface area contributed by atoms with Crippen molar-refractivity contribution >= 4 is 12.2 Å². The van der Waals surface area contributed by atoms with Gasteiger partial charge in [-0.1, -0.05) is 50.3 Å². The Labute approximate surface area is 99.7 Å². The van der Waals surface area contributed by atoms with E-state index in [2.05, 4.69) is 64.1 Å². The largest absolute Gasteiger partial charge is 0.0842 e. The Bertz CT molecular complexity index is 355. The van der Waals surface area contributed by atoms with Gasteiger partial charge in [-0.25, -0.2) is 0 Å². The van der Waals surface area contributed by atoms with Crippen LogP contribution in [0.5, 0.6) is 0 Å². The van der Waals surface area contributed by atoms with E-state index in [0.717, 1.165) is 12.8 Å². The molecule has 0 saturated carbocycles. The molecule has 0 bridgehead atoms. The van der Waals surface area contributed by atoms with Crippen LogP contribution in [-0.4, -0.2) is 0 Å². The second kappa shape index (κ2) is 6.32. The zero-order chi connectivity index (χ0) is 12.0. The second-order valence-corrected chi connectivity index (χ2v) is 4.19. The normalized spacial score (nSPS) is 11.8. The summed E-state index contributed by atoms with van der Waals surface area (Å²) in [7, 11) is 0. The van der Waals surface area contributed by atoms with Crippen molar-refractivity contribution in [2.75, 3.05) is 0 Å². The number of rotatable bonds is 4. The Morgan fingerprint density at radius 1 is 0.812 bits per heavy atom. The minimum Gasteiger partial charge on any atom is -0.0842 e. The molecule has 0 atom stereocenters. The Morgan fingerprint density at radius 3 is 1.50 bits per heavy atom. The van der Waals surface area contributed by atoms with E-state index in [9.17, 15) is 0 Å². The average Bonchev–Trinajstić information content (AvgIpc) is 2.28. The van der Waals surface area contributed by atoms with Crippen LogP contribution in [-0.2, 0) is 0 Å². The van der Waals surface area contributed by atoms with Gasteiger partial charge in [0.25, 0.3) is 0 Å². The lowest BCUT2D eigenvalue weighted by Gasteiger charge is -2.06. The molecule has 0 aliphatic heterocycles. The van der Waals surface area contributed by atoms with Gasteiger partial charge in [0.15, 0.2) is 0 Å². The molecule has 0 radical (unpaired) electrons. The smallest absolute Gasteiger partial charge is 0.0227 e. The Hall–Kier alpha value is -1.30. The van der Waals surface area contributed by atoms with Crippen LogP contribution in [0.4, 0.5) is 0 Å². The molecule has 0 saturated heterocycles. The van der Waals surface area contributed by atoms with Crippen LogP contribution in [0.3, 0.4) is 0 Å². The summed E-state index contributed by atoms with van der Waals surface area (Å²) in [6.45, 7) is 8.68. The minimum atomic E-state index is 1.09. The summed E-state index contributed by atoms with van der Waals surface area (Å²) in [5.74, 6) is 0. The van der Waals surface area contributed by atoms with E-state index in [1.54, 1.807) is 0 Å². The third-order valence-electron chi connectivity index (χ3n) is 2.72. The van der Waals surface area contributed by atoms with Crippen molar-refractivity contribution in [1.82, 2.24) is 0 Å². The van der Waals surface area contributed by atoms with Crippen LogP contribution in [0.25, 0.3) is 12.2 Å². The zero-order valence-corrected chi connectivity index (χ0v) is 10.9. The molecule has 0 nitrogen and oxygen atoms in total.